The average Bonchev–Trinajstić information content (AvgIpc) is 3.32. The van der Waals surface area contributed by atoms with Gasteiger partial charge in [-0.3, -0.25) is 4.79 Å². The molecule has 0 saturated carbocycles. The highest BCUT2D eigenvalue weighted by Crippen LogP contribution is 2.41. The maximum Gasteiger partial charge on any atom is 0.288 e. The predicted molar refractivity (Wildman–Crippen MR) is 92.9 cm³/mol. The van der Waals surface area contributed by atoms with Gasteiger partial charge in [-0.25, -0.2) is 9.49 Å². The van der Waals surface area contributed by atoms with E-state index < -0.39 is 11.6 Å². The van der Waals surface area contributed by atoms with E-state index in [2.05, 4.69) is 31.0 Å². The summed E-state index contributed by atoms with van der Waals surface area (Å²) in [6.45, 7) is 0. The van der Waals surface area contributed by atoms with Crippen molar-refractivity contribution in [3.05, 3.63) is 69.1 Å². The number of tetrazole rings is 1. The second kappa shape index (κ2) is 5.56. The summed E-state index contributed by atoms with van der Waals surface area (Å²) >= 11 is 1.49. The third-order valence-corrected chi connectivity index (χ3v) is 5.06. The normalized spacial score (nSPS) is 15.2. The van der Waals surface area contributed by atoms with E-state index in [1.165, 1.54) is 28.2 Å². The third-order valence-electron chi connectivity index (χ3n) is 4.19. The largest absolute Gasteiger partial charge is 0.318 e. The Morgan fingerprint density at radius 2 is 2.15 bits per heavy atom. The molecule has 8 nitrogen and oxygen atoms in total. The van der Waals surface area contributed by atoms with Crippen molar-refractivity contribution in [2.45, 2.75) is 6.04 Å². The zero-order chi connectivity index (χ0) is 17.7. The molecule has 3 aromatic heterocycles. The number of aromatic amines is 1. The Kier molecular flexibility index (Phi) is 3.19. The van der Waals surface area contributed by atoms with Gasteiger partial charge in [0.2, 0.25) is 5.95 Å². The van der Waals surface area contributed by atoms with Gasteiger partial charge >= 0.3 is 0 Å². The first kappa shape index (κ1) is 14.9. The number of hydrogen-bond acceptors (Lipinski definition) is 7. The third kappa shape index (κ3) is 2.15. The zero-order valence-corrected chi connectivity index (χ0v) is 13.9. The topological polar surface area (TPSA) is 101 Å². The Morgan fingerprint density at radius 1 is 1.23 bits per heavy atom. The van der Waals surface area contributed by atoms with Gasteiger partial charge in [-0.15, -0.1) is 11.3 Å². The van der Waals surface area contributed by atoms with E-state index in [9.17, 15) is 9.18 Å². The van der Waals surface area contributed by atoms with Crippen molar-refractivity contribution in [3.63, 3.8) is 0 Å². The smallest absolute Gasteiger partial charge is 0.288 e. The van der Waals surface area contributed by atoms with Crippen LogP contribution >= 0.6 is 11.3 Å². The molecule has 0 saturated heterocycles. The van der Waals surface area contributed by atoms with Gasteiger partial charge in [-0.05, 0) is 39.6 Å². The summed E-state index contributed by atoms with van der Waals surface area (Å²) in [6, 6.07) is 9.37. The Morgan fingerprint density at radius 3 is 2.96 bits per heavy atom. The summed E-state index contributed by atoms with van der Waals surface area (Å²) in [5.41, 5.74) is 1.72. The van der Waals surface area contributed by atoms with Crippen LogP contribution in [0.15, 0.2) is 46.6 Å². The molecule has 1 aromatic carbocycles. The van der Waals surface area contributed by atoms with Crippen LogP contribution in [0.5, 0.6) is 0 Å². The quantitative estimate of drug-likeness (QED) is 0.497. The lowest BCUT2D eigenvalue weighted by atomic mass is 9.94. The van der Waals surface area contributed by atoms with E-state index in [0.29, 0.717) is 28.5 Å². The molecule has 0 spiro atoms. The molecule has 4 heterocycles. The summed E-state index contributed by atoms with van der Waals surface area (Å²) in [5, 5.41) is 23.3. The van der Waals surface area contributed by atoms with E-state index in [-0.39, 0.29) is 5.82 Å². The van der Waals surface area contributed by atoms with Crippen LogP contribution in [0.4, 0.5) is 16.0 Å². The van der Waals surface area contributed by atoms with Gasteiger partial charge in [-0.2, -0.15) is 9.78 Å². The molecule has 0 aliphatic carbocycles. The second-order valence-electron chi connectivity index (χ2n) is 5.70. The minimum atomic E-state index is -0.584. The molecule has 2 N–H and O–H groups in total. The summed E-state index contributed by atoms with van der Waals surface area (Å²) in [7, 11) is 0. The van der Waals surface area contributed by atoms with Crippen molar-refractivity contribution in [2.24, 2.45) is 0 Å². The van der Waals surface area contributed by atoms with E-state index in [4.69, 9.17) is 0 Å². The highest BCUT2D eigenvalue weighted by molar-refractivity contribution is 7.13. The molecule has 1 aliphatic rings. The summed E-state index contributed by atoms with van der Waals surface area (Å²) in [4.78, 5) is 13.3. The SMILES string of the molecule is O=c1[nH]nc(-c2cccs2)c2c1Nc1nnnn1C2c1cccc(F)c1. The highest BCUT2D eigenvalue weighted by atomic mass is 32.1. The number of benzene rings is 1. The first-order valence-corrected chi connectivity index (χ1v) is 8.57. The summed E-state index contributed by atoms with van der Waals surface area (Å²) < 4.78 is 15.4. The van der Waals surface area contributed by atoms with Crippen LogP contribution in [0.2, 0.25) is 0 Å². The van der Waals surface area contributed by atoms with Gasteiger partial charge in [0.05, 0.1) is 4.88 Å². The van der Waals surface area contributed by atoms with Crippen molar-refractivity contribution in [1.29, 1.82) is 0 Å². The van der Waals surface area contributed by atoms with Gasteiger partial charge < -0.3 is 5.32 Å². The van der Waals surface area contributed by atoms with E-state index in [1.54, 1.807) is 12.1 Å². The molecule has 5 rings (SSSR count). The number of hydrogen-bond donors (Lipinski definition) is 2. The number of thiophene rings is 1. The molecule has 1 aliphatic heterocycles. The Labute approximate surface area is 149 Å². The molecule has 0 amide bonds. The lowest BCUT2D eigenvalue weighted by molar-refractivity contribution is 0.560. The zero-order valence-electron chi connectivity index (χ0n) is 13.0. The van der Waals surface area contributed by atoms with Crippen LogP contribution in [0.3, 0.4) is 0 Å². The number of nitrogens with one attached hydrogen (secondary N) is 2. The fraction of sp³-hybridized carbons (Fsp3) is 0.0625. The minimum Gasteiger partial charge on any atom is -0.318 e. The molecule has 0 radical (unpaired) electrons. The molecule has 1 unspecified atom stereocenters. The number of anilines is 2. The lowest BCUT2D eigenvalue weighted by Crippen LogP contribution is -2.29. The minimum absolute atomic E-state index is 0.306. The van der Waals surface area contributed by atoms with Crippen molar-refractivity contribution < 1.29 is 4.39 Å². The first-order chi connectivity index (χ1) is 12.7. The van der Waals surface area contributed by atoms with Crippen LogP contribution in [-0.2, 0) is 0 Å². The van der Waals surface area contributed by atoms with Crippen molar-refractivity contribution in [2.75, 3.05) is 5.32 Å². The van der Waals surface area contributed by atoms with E-state index in [1.807, 2.05) is 17.5 Å². The Hall–Kier alpha value is -3.40. The van der Waals surface area contributed by atoms with Crippen LogP contribution in [-0.4, -0.2) is 30.4 Å². The fourth-order valence-electron chi connectivity index (χ4n) is 3.12. The van der Waals surface area contributed by atoms with E-state index in [0.717, 1.165) is 4.88 Å². The Bertz CT molecular complexity index is 1170. The van der Waals surface area contributed by atoms with Gasteiger partial charge in [0.25, 0.3) is 5.56 Å². The van der Waals surface area contributed by atoms with Crippen LogP contribution in [0, 0.1) is 5.82 Å². The first-order valence-electron chi connectivity index (χ1n) is 7.69. The van der Waals surface area contributed by atoms with Gasteiger partial charge in [0.1, 0.15) is 23.2 Å². The highest BCUT2D eigenvalue weighted by Gasteiger charge is 2.34. The predicted octanol–water partition coefficient (Wildman–Crippen LogP) is 2.32. The molecule has 4 aromatic rings. The number of fused-ring (bicyclic) bond motifs is 2. The van der Waals surface area contributed by atoms with E-state index >= 15 is 0 Å². The number of nitrogens with zero attached hydrogens (tertiary/aromatic N) is 5. The van der Waals surface area contributed by atoms with Crippen LogP contribution in [0.25, 0.3) is 10.6 Å². The number of halogens is 1. The Balaban J connectivity index is 1.85. The maximum absolute atomic E-state index is 13.9. The molecule has 1 atom stereocenters. The molecule has 128 valence electrons. The molecule has 26 heavy (non-hydrogen) atoms. The molecular weight excluding hydrogens is 357 g/mol. The standard InChI is InChI=1S/C16H10FN7OS/c17-9-4-1-3-8(7-9)14-11-12(10-5-2-6-26-10)19-20-15(25)13(11)18-16-21-22-23-24(14)16/h1-7,14H,(H,20,25)(H,18,21,23). The lowest BCUT2D eigenvalue weighted by Gasteiger charge is -2.27. The molecule has 0 fully saturated rings. The summed E-state index contributed by atoms with van der Waals surface area (Å²) in [5.74, 6) is -0.0757. The fourth-order valence-corrected chi connectivity index (χ4v) is 3.85. The molecule has 10 heteroatoms. The number of H-pyrrole nitrogens is 1. The molecule has 0 bridgehead atoms. The van der Waals surface area contributed by atoms with Crippen molar-refractivity contribution >= 4 is 23.0 Å². The van der Waals surface area contributed by atoms with Crippen molar-refractivity contribution in [3.8, 4) is 10.6 Å². The number of aromatic nitrogens is 6. The average molecular weight is 367 g/mol. The van der Waals surface area contributed by atoms with Gasteiger partial charge in [0, 0.05) is 5.56 Å². The number of rotatable bonds is 2. The summed E-state index contributed by atoms with van der Waals surface area (Å²) in [6.07, 6.45) is 0. The van der Waals surface area contributed by atoms with Gasteiger partial charge in [0.15, 0.2) is 0 Å². The van der Waals surface area contributed by atoms with Gasteiger partial charge in [-0.1, -0.05) is 23.3 Å². The van der Waals surface area contributed by atoms with Crippen molar-refractivity contribution in [1.82, 2.24) is 30.4 Å². The van der Waals surface area contributed by atoms with Crippen LogP contribution in [0.1, 0.15) is 17.2 Å². The second-order valence-corrected chi connectivity index (χ2v) is 6.64. The monoisotopic (exact) mass is 367 g/mol. The maximum atomic E-state index is 13.9. The van der Waals surface area contributed by atoms with Crippen LogP contribution < -0.4 is 10.9 Å². The molecular formula is C16H10FN7OS.